The van der Waals surface area contributed by atoms with Crippen LogP contribution in [0, 0.1) is 11.3 Å². The number of morpholine rings is 1. The van der Waals surface area contributed by atoms with Crippen LogP contribution in [0.1, 0.15) is 11.1 Å². The highest BCUT2D eigenvalue weighted by atomic mass is 16.5. The molecule has 2 heterocycles. The van der Waals surface area contributed by atoms with E-state index < -0.39 is 0 Å². The molecule has 0 aliphatic carbocycles. The van der Waals surface area contributed by atoms with Crippen molar-refractivity contribution in [3.63, 3.8) is 0 Å². The van der Waals surface area contributed by atoms with E-state index in [0.717, 1.165) is 26.1 Å². The van der Waals surface area contributed by atoms with Crippen LogP contribution in [-0.4, -0.2) is 37.2 Å². The van der Waals surface area contributed by atoms with Crippen LogP contribution >= 0.6 is 0 Å². The summed E-state index contributed by atoms with van der Waals surface area (Å²) in [6.45, 7) is 4.21. The maximum Gasteiger partial charge on any atom is 0.156 e. The Bertz CT molecular complexity index is 480. The number of nitrogens with one attached hydrogen (secondary N) is 1. The number of ether oxygens (including phenoxy) is 1. The Hall–Kier alpha value is -1.57. The van der Waals surface area contributed by atoms with Crippen molar-refractivity contribution >= 4 is 5.69 Å². The number of fused-ring (bicyclic) bond motifs is 1. The predicted molar refractivity (Wildman–Crippen MR) is 69.3 cm³/mol. The average Bonchev–Trinajstić information content (AvgIpc) is 2.88. The summed E-state index contributed by atoms with van der Waals surface area (Å²) in [6.07, 6.45) is 0.844. The topological polar surface area (TPSA) is 48.3 Å². The number of benzene rings is 1. The Labute approximate surface area is 107 Å². The minimum atomic E-state index is -0.275. The second kappa shape index (κ2) is 4.97. The molecule has 0 spiro atoms. The molecule has 3 rings (SSSR count). The lowest BCUT2D eigenvalue weighted by Gasteiger charge is -2.30. The van der Waals surface area contributed by atoms with E-state index in [-0.39, 0.29) is 6.10 Å². The van der Waals surface area contributed by atoms with Crippen LogP contribution in [0.3, 0.4) is 0 Å². The molecule has 2 aliphatic heterocycles. The van der Waals surface area contributed by atoms with Crippen LogP contribution in [0.4, 0.5) is 5.69 Å². The van der Waals surface area contributed by atoms with Gasteiger partial charge in [0, 0.05) is 31.9 Å². The maximum absolute atomic E-state index is 8.92. The van der Waals surface area contributed by atoms with Gasteiger partial charge in [-0.05, 0) is 17.5 Å². The summed E-state index contributed by atoms with van der Waals surface area (Å²) in [5.74, 6) is 0. The number of nitrogens with zero attached hydrogens (tertiary/aromatic N) is 2. The van der Waals surface area contributed by atoms with Crippen molar-refractivity contribution < 1.29 is 4.74 Å². The van der Waals surface area contributed by atoms with Crippen molar-refractivity contribution in [1.82, 2.24) is 4.90 Å². The first-order valence-corrected chi connectivity index (χ1v) is 6.45. The van der Waals surface area contributed by atoms with Crippen LogP contribution in [0.25, 0.3) is 0 Å². The van der Waals surface area contributed by atoms with Crippen LogP contribution in [-0.2, 0) is 17.7 Å². The molecule has 1 saturated heterocycles. The Kier molecular flexibility index (Phi) is 3.18. The van der Waals surface area contributed by atoms with Gasteiger partial charge in [-0.1, -0.05) is 18.2 Å². The third kappa shape index (κ3) is 2.20. The fourth-order valence-electron chi connectivity index (χ4n) is 2.71. The van der Waals surface area contributed by atoms with Crippen molar-refractivity contribution in [2.24, 2.45) is 0 Å². The first-order valence-electron chi connectivity index (χ1n) is 6.45. The van der Waals surface area contributed by atoms with E-state index in [4.69, 9.17) is 10.00 Å². The summed E-state index contributed by atoms with van der Waals surface area (Å²) >= 11 is 0. The summed E-state index contributed by atoms with van der Waals surface area (Å²) < 4.78 is 5.37. The van der Waals surface area contributed by atoms with Crippen molar-refractivity contribution in [2.45, 2.75) is 19.1 Å². The molecule has 1 N–H and O–H groups in total. The van der Waals surface area contributed by atoms with Crippen molar-refractivity contribution in [2.75, 3.05) is 31.6 Å². The summed E-state index contributed by atoms with van der Waals surface area (Å²) in [6, 6.07) is 8.69. The highest BCUT2D eigenvalue weighted by Gasteiger charge is 2.22. The van der Waals surface area contributed by atoms with Gasteiger partial charge in [-0.3, -0.25) is 4.90 Å². The molecule has 1 atom stereocenters. The number of nitriles is 1. The molecule has 94 valence electrons. The molecule has 2 aliphatic rings. The number of hydrogen-bond acceptors (Lipinski definition) is 4. The van der Waals surface area contributed by atoms with Crippen LogP contribution in [0.2, 0.25) is 0 Å². The number of rotatable bonds is 2. The molecule has 0 bridgehead atoms. The highest BCUT2D eigenvalue weighted by Crippen LogP contribution is 2.27. The van der Waals surface area contributed by atoms with Crippen LogP contribution in [0.5, 0.6) is 0 Å². The normalized spacial score (nSPS) is 23.2. The molecular formula is C14H17N3O. The van der Waals surface area contributed by atoms with Gasteiger partial charge in [0.15, 0.2) is 6.10 Å². The van der Waals surface area contributed by atoms with Gasteiger partial charge < -0.3 is 10.1 Å². The molecule has 0 amide bonds. The minimum Gasteiger partial charge on any atom is -0.384 e. The Morgan fingerprint density at radius 1 is 1.50 bits per heavy atom. The van der Waals surface area contributed by atoms with Gasteiger partial charge in [-0.25, -0.2) is 0 Å². The second-order valence-corrected chi connectivity index (χ2v) is 4.85. The standard InChI is InChI=1S/C14H17N3O/c15-8-13-10-17(6-7-18-13)9-12-3-1-2-11-4-5-16-14(11)12/h1-3,13,16H,4-7,9-10H2. The quantitative estimate of drug-likeness (QED) is 0.852. The third-order valence-electron chi connectivity index (χ3n) is 3.62. The van der Waals surface area contributed by atoms with Crippen molar-refractivity contribution in [1.29, 1.82) is 5.26 Å². The summed E-state index contributed by atoms with van der Waals surface area (Å²) in [7, 11) is 0. The van der Waals surface area contributed by atoms with Crippen molar-refractivity contribution in [3.05, 3.63) is 29.3 Å². The first kappa shape index (κ1) is 11.5. The Balaban J connectivity index is 1.73. The highest BCUT2D eigenvalue weighted by molar-refractivity contribution is 5.61. The van der Waals surface area contributed by atoms with Gasteiger partial charge in [0.2, 0.25) is 0 Å². The van der Waals surface area contributed by atoms with Gasteiger partial charge in [-0.2, -0.15) is 5.26 Å². The number of hydrogen-bond donors (Lipinski definition) is 1. The molecule has 18 heavy (non-hydrogen) atoms. The monoisotopic (exact) mass is 243 g/mol. The van der Waals surface area contributed by atoms with Gasteiger partial charge in [0.1, 0.15) is 0 Å². The lowest BCUT2D eigenvalue weighted by atomic mass is 10.1. The summed E-state index contributed by atoms with van der Waals surface area (Å²) in [5, 5.41) is 12.4. The van der Waals surface area contributed by atoms with E-state index in [0.29, 0.717) is 13.2 Å². The molecule has 1 aromatic rings. The largest absolute Gasteiger partial charge is 0.384 e. The zero-order valence-electron chi connectivity index (χ0n) is 10.4. The molecule has 0 radical (unpaired) electrons. The predicted octanol–water partition coefficient (Wildman–Crippen LogP) is 1.38. The molecule has 0 saturated carbocycles. The zero-order valence-corrected chi connectivity index (χ0v) is 10.4. The molecule has 0 aromatic heterocycles. The Morgan fingerprint density at radius 2 is 2.44 bits per heavy atom. The average molecular weight is 243 g/mol. The molecule has 1 fully saturated rings. The fourth-order valence-corrected chi connectivity index (χ4v) is 2.71. The van der Waals surface area contributed by atoms with Gasteiger partial charge in [-0.15, -0.1) is 0 Å². The van der Waals surface area contributed by atoms with Crippen molar-refractivity contribution in [3.8, 4) is 6.07 Å². The van der Waals surface area contributed by atoms with E-state index in [1.165, 1.54) is 16.8 Å². The summed E-state index contributed by atoms with van der Waals surface area (Å²) in [5.41, 5.74) is 4.05. The lowest BCUT2D eigenvalue weighted by Crippen LogP contribution is -2.41. The smallest absolute Gasteiger partial charge is 0.156 e. The Morgan fingerprint density at radius 3 is 3.33 bits per heavy atom. The maximum atomic E-state index is 8.92. The third-order valence-corrected chi connectivity index (χ3v) is 3.62. The second-order valence-electron chi connectivity index (χ2n) is 4.85. The van der Waals surface area contributed by atoms with Crippen LogP contribution < -0.4 is 5.32 Å². The van der Waals surface area contributed by atoms with E-state index in [9.17, 15) is 0 Å². The fraction of sp³-hybridized carbons (Fsp3) is 0.500. The molecule has 4 nitrogen and oxygen atoms in total. The minimum absolute atomic E-state index is 0.275. The van der Waals surface area contributed by atoms with Crippen LogP contribution in [0.15, 0.2) is 18.2 Å². The van der Waals surface area contributed by atoms with E-state index in [2.05, 4.69) is 34.5 Å². The SMILES string of the molecule is N#CC1CN(Cc2cccc3c2NCC3)CCO1. The van der Waals surface area contributed by atoms with E-state index >= 15 is 0 Å². The van der Waals surface area contributed by atoms with Gasteiger partial charge >= 0.3 is 0 Å². The van der Waals surface area contributed by atoms with E-state index in [1.807, 2.05) is 0 Å². The number of para-hydroxylation sites is 1. The summed E-state index contributed by atoms with van der Waals surface area (Å²) in [4.78, 5) is 2.30. The molecule has 4 heteroatoms. The lowest BCUT2D eigenvalue weighted by molar-refractivity contribution is -0.00262. The molecule has 1 aromatic carbocycles. The number of anilines is 1. The zero-order chi connectivity index (χ0) is 12.4. The van der Waals surface area contributed by atoms with Gasteiger partial charge in [0.05, 0.1) is 12.7 Å². The van der Waals surface area contributed by atoms with Gasteiger partial charge in [0.25, 0.3) is 0 Å². The molecular weight excluding hydrogens is 226 g/mol. The first-order chi connectivity index (χ1) is 8.86. The van der Waals surface area contributed by atoms with E-state index in [1.54, 1.807) is 0 Å². The molecule has 1 unspecified atom stereocenters.